The Labute approximate surface area is 157 Å². The van der Waals surface area contributed by atoms with E-state index in [-0.39, 0.29) is 11.8 Å². The van der Waals surface area contributed by atoms with Gasteiger partial charge in [-0.25, -0.2) is 4.98 Å². The van der Waals surface area contributed by atoms with Gasteiger partial charge in [0.2, 0.25) is 5.91 Å². The number of imidazole rings is 1. The highest BCUT2D eigenvalue weighted by molar-refractivity contribution is 6.34. The number of rotatable bonds is 3. The molecule has 0 radical (unpaired) electrons. The van der Waals surface area contributed by atoms with E-state index in [1.165, 1.54) is 5.52 Å². The van der Waals surface area contributed by atoms with Crippen molar-refractivity contribution in [2.45, 2.75) is 26.9 Å². The summed E-state index contributed by atoms with van der Waals surface area (Å²) >= 11 is 6.40. The van der Waals surface area contributed by atoms with Gasteiger partial charge in [0, 0.05) is 24.7 Å². The number of fused-ring (bicyclic) bond motifs is 3. The van der Waals surface area contributed by atoms with Crippen molar-refractivity contribution >= 4 is 39.9 Å². The number of nitrogens with one attached hydrogen (secondary N) is 1. The zero-order chi connectivity index (χ0) is 18.3. The van der Waals surface area contributed by atoms with Crippen LogP contribution >= 0.6 is 11.6 Å². The van der Waals surface area contributed by atoms with Crippen LogP contribution in [0.15, 0.2) is 42.5 Å². The normalized spacial score (nSPS) is 13.9. The number of benzene rings is 2. The molecule has 0 atom stereocenters. The molecular weight excluding hydrogens is 348 g/mol. The minimum Gasteiger partial charge on any atom is -0.362 e. The predicted molar refractivity (Wildman–Crippen MR) is 106 cm³/mol. The first-order valence-electron chi connectivity index (χ1n) is 8.82. The van der Waals surface area contributed by atoms with Gasteiger partial charge < -0.3 is 14.8 Å². The number of amides is 1. The third-order valence-electron chi connectivity index (χ3n) is 4.76. The van der Waals surface area contributed by atoms with Crippen LogP contribution in [0.3, 0.4) is 0 Å². The second kappa shape index (κ2) is 6.65. The monoisotopic (exact) mass is 368 g/mol. The average molecular weight is 369 g/mol. The van der Waals surface area contributed by atoms with Crippen LogP contribution in [0.4, 0.5) is 11.4 Å². The van der Waals surface area contributed by atoms with Crippen LogP contribution in [0, 0.1) is 5.92 Å². The van der Waals surface area contributed by atoms with E-state index >= 15 is 0 Å². The minimum absolute atomic E-state index is 0.0358. The first-order chi connectivity index (χ1) is 12.5. The lowest BCUT2D eigenvalue weighted by Gasteiger charge is -2.30. The van der Waals surface area contributed by atoms with Gasteiger partial charge in [-0.1, -0.05) is 37.6 Å². The lowest BCUT2D eigenvalue weighted by molar-refractivity contribution is -0.118. The summed E-state index contributed by atoms with van der Waals surface area (Å²) in [5.74, 6) is 0.943. The van der Waals surface area contributed by atoms with E-state index in [0.717, 1.165) is 36.7 Å². The Morgan fingerprint density at radius 2 is 2.00 bits per heavy atom. The van der Waals surface area contributed by atoms with Gasteiger partial charge in [-0.2, -0.15) is 0 Å². The number of halogens is 1. The molecule has 2 heterocycles. The molecule has 2 aromatic carbocycles. The summed E-state index contributed by atoms with van der Waals surface area (Å²) in [6.45, 7) is 6.23. The summed E-state index contributed by atoms with van der Waals surface area (Å²) in [6, 6.07) is 14.0. The third-order valence-corrected chi connectivity index (χ3v) is 5.07. The van der Waals surface area contributed by atoms with Gasteiger partial charge >= 0.3 is 0 Å². The van der Waals surface area contributed by atoms with Gasteiger partial charge in [0.05, 0.1) is 28.3 Å². The van der Waals surface area contributed by atoms with Crippen molar-refractivity contribution in [1.82, 2.24) is 9.55 Å². The molecule has 1 aromatic heterocycles. The molecule has 0 aliphatic carbocycles. The summed E-state index contributed by atoms with van der Waals surface area (Å²) in [4.78, 5) is 18.9. The molecule has 134 valence electrons. The molecule has 26 heavy (non-hydrogen) atoms. The van der Waals surface area contributed by atoms with Crippen molar-refractivity contribution < 1.29 is 4.79 Å². The highest BCUT2D eigenvalue weighted by atomic mass is 35.5. The van der Waals surface area contributed by atoms with E-state index in [1.807, 2.05) is 50.2 Å². The van der Waals surface area contributed by atoms with Crippen molar-refractivity contribution in [1.29, 1.82) is 0 Å². The van der Waals surface area contributed by atoms with Crippen LogP contribution in [0.1, 0.15) is 19.7 Å². The quantitative estimate of drug-likeness (QED) is 0.749. The topological polar surface area (TPSA) is 50.2 Å². The van der Waals surface area contributed by atoms with Crippen molar-refractivity contribution in [2.24, 2.45) is 5.92 Å². The second-order valence-electron chi connectivity index (χ2n) is 6.90. The number of carbonyl (C=O) groups is 1. The molecule has 5 nitrogen and oxygen atoms in total. The minimum atomic E-state index is -0.0826. The van der Waals surface area contributed by atoms with Crippen molar-refractivity contribution in [3.05, 3.63) is 53.3 Å². The molecule has 1 aliphatic heterocycles. The van der Waals surface area contributed by atoms with Gasteiger partial charge in [-0.3, -0.25) is 4.79 Å². The summed E-state index contributed by atoms with van der Waals surface area (Å²) in [5.41, 5.74) is 3.91. The fourth-order valence-electron chi connectivity index (χ4n) is 3.27. The Kier molecular flexibility index (Phi) is 4.32. The fourth-order valence-corrected chi connectivity index (χ4v) is 3.49. The van der Waals surface area contributed by atoms with E-state index in [0.29, 0.717) is 10.7 Å². The maximum atomic E-state index is 11.9. The molecule has 1 amide bonds. The number of anilines is 2. The molecule has 0 fully saturated rings. The summed E-state index contributed by atoms with van der Waals surface area (Å²) in [6.07, 6.45) is 0. The Morgan fingerprint density at radius 3 is 2.77 bits per heavy atom. The van der Waals surface area contributed by atoms with Gasteiger partial charge in [0.1, 0.15) is 5.82 Å². The van der Waals surface area contributed by atoms with Gasteiger partial charge in [-0.05, 0) is 30.3 Å². The Hall–Kier alpha value is -2.53. The van der Waals surface area contributed by atoms with Crippen molar-refractivity contribution in [3.8, 4) is 0 Å². The predicted octanol–water partition coefficient (Wildman–Crippen LogP) is 4.30. The molecule has 0 saturated carbocycles. The summed E-state index contributed by atoms with van der Waals surface area (Å²) < 4.78 is 2.28. The van der Waals surface area contributed by atoms with E-state index in [2.05, 4.69) is 20.9 Å². The Bertz CT molecular complexity index is 979. The maximum Gasteiger partial charge on any atom is 0.226 e. The molecule has 0 unspecified atom stereocenters. The van der Waals surface area contributed by atoms with Crippen LogP contribution in [0.5, 0.6) is 0 Å². The maximum absolute atomic E-state index is 11.9. The first-order valence-corrected chi connectivity index (χ1v) is 9.20. The highest BCUT2D eigenvalue weighted by Gasteiger charge is 2.21. The molecule has 6 heteroatoms. The van der Waals surface area contributed by atoms with Crippen LogP contribution in [-0.2, 0) is 17.9 Å². The zero-order valence-corrected chi connectivity index (χ0v) is 15.6. The Balaban J connectivity index is 1.57. The molecular formula is C20H21ClN4O. The van der Waals surface area contributed by atoms with Gasteiger partial charge in [0.15, 0.2) is 0 Å². The smallest absolute Gasteiger partial charge is 0.226 e. The molecule has 3 aromatic rings. The molecule has 0 saturated heterocycles. The van der Waals surface area contributed by atoms with Gasteiger partial charge in [-0.15, -0.1) is 0 Å². The lowest BCUT2D eigenvalue weighted by atomic mass is 10.2. The summed E-state index contributed by atoms with van der Waals surface area (Å²) in [7, 11) is 0. The molecule has 4 rings (SSSR count). The van der Waals surface area contributed by atoms with Crippen molar-refractivity contribution in [3.63, 3.8) is 0 Å². The van der Waals surface area contributed by atoms with E-state index in [1.54, 1.807) is 0 Å². The van der Waals surface area contributed by atoms with Crippen LogP contribution in [-0.4, -0.2) is 22.0 Å². The number of hydrogen-bond acceptors (Lipinski definition) is 3. The number of aromatic nitrogens is 2. The average Bonchev–Trinajstić information content (AvgIpc) is 3.01. The van der Waals surface area contributed by atoms with E-state index in [4.69, 9.17) is 16.6 Å². The second-order valence-corrected chi connectivity index (χ2v) is 7.31. The number of para-hydroxylation sites is 2. The van der Waals surface area contributed by atoms with E-state index in [9.17, 15) is 4.79 Å². The van der Waals surface area contributed by atoms with Crippen molar-refractivity contribution in [2.75, 3.05) is 16.8 Å². The van der Waals surface area contributed by atoms with E-state index < -0.39 is 0 Å². The lowest BCUT2D eigenvalue weighted by Crippen LogP contribution is -2.33. The highest BCUT2D eigenvalue weighted by Crippen LogP contribution is 2.30. The number of hydrogen-bond donors (Lipinski definition) is 1. The third kappa shape index (κ3) is 3.03. The number of carbonyl (C=O) groups excluding carboxylic acids is 1. The van der Waals surface area contributed by atoms with Crippen LogP contribution < -0.4 is 10.2 Å². The molecule has 1 aliphatic rings. The van der Waals surface area contributed by atoms with Gasteiger partial charge in [0.25, 0.3) is 0 Å². The standard InChI is InChI=1S/C20H21ClN4O/c1-13(2)20(26)23-16-8-7-14(11-15(16)21)24-9-10-25-18-6-4-3-5-17(18)22-19(25)12-24/h3-8,11,13H,9-10,12H2,1-2H3,(H,23,26). The Morgan fingerprint density at radius 1 is 1.19 bits per heavy atom. The number of nitrogens with zero attached hydrogens (tertiary/aromatic N) is 3. The SMILES string of the molecule is CC(C)C(=O)Nc1ccc(N2CCn3c(nc4ccccc43)C2)cc1Cl. The molecule has 0 spiro atoms. The molecule has 1 N–H and O–H groups in total. The largest absolute Gasteiger partial charge is 0.362 e. The first kappa shape index (κ1) is 16.9. The zero-order valence-electron chi connectivity index (χ0n) is 14.9. The summed E-state index contributed by atoms with van der Waals surface area (Å²) in [5, 5.41) is 3.42. The van der Waals surface area contributed by atoms with Crippen LogP contribution in [0.25, 0.3) is 11.0 Å². The fraction of sp³-hybridized carbons (Fsp3) is 0.300. The van der Waals surface area contributed by atoms with Crippen LogP contribution in [0.2, 0.25) is 5.02 Å². The molecule has 0 bridgehead atoms.